The fourth-order valence-corrected chi connectivity index (χ4v) is 4.41. The number of rotatable bonds is 4. The molecular weight excluding hydrogens is 310 g/mol. The first-order chi connectivity index (χ1) is 10.8. The second-order valence-electron chi connectivity index (χ2n) is 7.69. The maximum absolute atomic E-state index is 12.5. The van der Waals surface area contributed by atoms with Gasteiger partial charge < -0.3 is 15.1 Å². The van der Waals surface area contributed by atoms with Gasteiger partial charge in [0.05, 0.1) is 5.88 Å². The number of likely N-dealkylation sites (tertiary alicyclic amines) is 1. The summed E-state index contributed by atoms with van der Waals surface area (Å²) >= 11 is 1.66. The number of carbonyl (C=O) groups excluding carboxylic acids is 2. The number of nitrogens with one attached hydrogen (secondary N) is 1. The maximum Gasteiger partial charge on any atom is 0.243 e. The molecule has 2 rings (SSSR count). The van der Waals surface area contributed by atoms with Gasteiger partial charge in [-0.2, -0.15) is 0 Å². The monoisotopic (exact) mass is 341 g/mol. The van der Waals surface area contributed by atoms with Crippen LogP contribution in [0.5, 0.6) is 0 Å². The molecule has 2 amide bonds. The smallest absolute Gasteiger partial charge is 0.243 e. The van der Waals surface area contributed by atoms with Crippen LogP contribution in [0.4, 0.5) is 0 Å². The zero-order valence-electron chi connectivity index (χ0n) is 14.9. The average molecular weight is 342 g/mol. The molecule has 0 saturated carbocycles. The lowest BCUT2D eigenvalue weighted by Gasteiger charge is -2.33. The molecule has 2 heterocycles. The normalized spacial score (nSPS) is 26.3. The maximum atomic E-state index is 12.5. The van der Waals surface area contributed by atoms with Gasteiger partial charge in [0.1, 0.15) is 6.04 Å². The van der Waals surface area contributed by atoms with Gasteiger partial charge in [-0.25, -0.2) is 0 Å². The Hall–Kier alpha value is -0.750. The van der Waals surface area contributed by atoms with Crippen LogP contribution >= 0.6 is 11.8 Å². The van der Waals surface area contributed by atoms with Crippen LogP contribution in [0.1, 0.15) is 40.5 Å². The van der Waals surface area contributed by atoms with Crippen LogP contribution in [0.3, 0.4) is 0 Å². The van der Waals surface area contributed by atoms with Gasteiger partial charge in [0.25, 0.3) is 0 Å². The molecule has 2 saturated heterocycles. The van der Waals surface area contributed by atoms with E-state index in [4.69, 9.17) is 0 Å². The SMILES string of the molecule is CCN1CCC[C@@H](CNC(=O)[C@@H]2CSCN2C(=O)C(C)(C)C)C1. The molecule has 0 aromatic carbocycles. The average Bonchev–Trinajstić information content (AvgIpc) is 3.00. The summed E-state index contributed by atoms with van der Waals surface area (Å²) in [6.45, 7) is 12.0. The van der Waals surface area contributed by atoms with Gasteiger partial charge in [0, 0.05) is 24.3 Å². The van der Waals surface area contributed by atoms with E-state index in [0.717, 1.165) is 19.6 Å². The van der Waals surface area contributed by atoms with E-state index in [1.807, 2.05) is 20.8 Å². The van der Waals surface area contributed by atoms with E-state index in [1.165, 1.54) is 19.4 Å². The number of amides is 2. The van der Waals surface area contributed by atoms with E-state index in [0.29, 0.717) is 17.5 Å². The second-order valence-corrected chi connectivity index (χ2v) is 8.69. The number of nitrogens with zero attached hydrogens (tertiary/aromatic N) is 2. The van der Waals surface area contributed by atoms with E-state index in [9.17, 15) is 9.59 Å². The summed E-state index contributed by atoms with van der Waals surface area (Å²) in [7, 11) is 0. The van der Waals surface area contributed by atoms with Crippen molar-refractivity contribution in [3.8, 4) is 0 Å². The highest BCUT2D eigenvalue weighted by Gasteiger charge is 2.39. The Morgan fingerprint density at radius 2 is 2.04 bits per heavy atom. The van der Waals surface area contributed by atoms with Crippen LogP contribution in [-0.2, 0) is 9.59 Å². The van der Waals surface area contributed by atoms with Gasteiger partial charge in [-0.05, 0) is 31.8 Å². The molecule has 0 unspecified atom stereocenters. The number of thioether (sulfide) groups is 1. The Balaban J connectivity index is 1.86. The Morgan fingerprint density at radius 1 is 1.30 bits per heavy atom. The van der Waals surface area contributed by atoms with Crippen LogP contribution in [-0.4, -0.2) is 65.5 Å². The summed E-state index contributed by atoms with van der Waals surface area (Å²) in [5.41, 5.74) is -0.436. The standard InChI is InChI=1S/C17H31N3O2S/c1-5-19-8-6-7-13(10-19)9-18-15(21)14-11-23-12-20(14)16(22)17(2,3)4/h13-14H,5-12H2,1-4H3,(H,18,21)/t13-,14-/m0/s1. The summed E-state index contributed by atoms with van der Waals surface area (Å²) < 4.78 is 0. The molecule has 6 heteroatoms. The summed E-state index contributed by atoms with van der Waals surface area (Å²) in [5, 5.41) is 3.10. The van der Waals surface area contributed by atoms with Crippen molar-refractivity contribution in [3.05, 3.63) is 0 Å². The van der Waals surface area contributed by atoms with Crippen LogP contribution in [0.15, 0.2) is 0 Å². The molecule has 0 aromatic heterocycles. The van der Waals surface area contributed by atoms with Crippen molar-refractivity contribution in [2.24, 2.45) is 11.3 Å². The number of hydrogen-bond acceptors (Lipinski definition) is 4. The number of carbonyl (C=O) groups is 2. The number of piperidine rings is 1. The van der Waals surface area contributed by atoms with Crippen molar-refractivity contribution in [1.29, 1.82) is 0 Å². The molecule has 0 radical (unpaired) electrons. The minimum Gasteiger partial charge on any atom is -0.354 e. The van der Waals surface area contributed by atoms with Crippen LogP contribution < -0.4 is 5.32 Å². The van der Waals surface area contributed by atoms with Crippen LogP contribution in [0, 0.1) is 11.3 Å². The van der Waals surface area contributed by atoms with E-state index in [-0.39, 0.29) is 17.9 Å². The molecule has 132 valence electrons. The molecule has 1 N–H and O–H groups in total. The number of hydrogen-bond donors (Lipinski definition) is 1. The molecule has 2 fully saturated rings. The fourth-order valence-electron chi connectivity index (χ4n) is 3.26. The summed E-state index contributed by atoms with van der Waals surface area (Å²) in [4.78, 5) is 29.2. The lowest BCUT2D eigenvalue weighted by molar-refractivity contribution is -0.144. The van der Waals surface area contributed by atoms with E-state index in [1.54, 1.807) is 16.7 Å². The lowest BCUT2D eigenvalue weighted by atomic mass is 9.94. The first-order valence-corrected chi connectivity index (χ1v) is 9.87. The van der Waals surface area contributed by atoms with E-state index < -0.39 is 5.41 Å². The second kappa shape index (κ2) is 7.88. The highest BCUT2D eigenvalue weighted by atomic mass is 32.2. The quantitative estimate of drug-likeness (QED) is 0.847. The topological polar surface area (TPSA) is 52.7 Å². The van der Waals surface area contributed by atoms with Crippen LogP contribution in [0.2, 0.25) is 0 Å². The van der Waals surface area contributed by atoms with E-state index in [2.05, 4.69) is 17.1 Å². The molecule has 0 bridgehead atoms. The van der Waals surface area contributed by atoms with Gasteiger partial charge in [-0.15, -0.1) is 11.8 Å². The predicted octanol–water partition coefficient (Wildman–Crippen LogP) is 1.78. The van der Waals surface area contributed by atoms with E-state index >= 15 is 0 Å². The van der Waals surface area contributed by atoms with Gasteiger partial charge in [-0.1, -0.05) is 27.7 Å². The van der Waals surface area contributed by atoms with Gasteiger partial charge in [0.2, 0.25) is 11.8 Å². The first kappa shape index (κ1) is 18.6. The third kappa shape index (κ3) is 4.86. The van der Waals surface area contributed by atoms with Crippen molar-refractivity contribution in [2.45, 2.75) is 46.6 Å². The van der Waals surface area contributed by atoms with Crippen molar-refractivity contribution < 1.29 is 9.59 Å². The molecule has 23 heavy (non-hydrogen) atoms. The lowest BCUT2D eigenvalue weighted by Crippen LogP contribution is -2.51. The third-order valence-corrected chi connectivity index (χ3v) is 5.71. The van der Waals surface area contributed by atoms with Crippen molar-refractivity contribution >= 4 is 23.6 Å². The van der Waals surface area contributed by atoms with Crippen molar-refractivity contribution in [3.63, 3.8) is 0 Å². The molecule has 0 aromatic rings. The first-order valence-electron chi connectivity index (χ1n) is 8.71. The largest absolute Gasteiger partial charge is 0.354 e. The molecule has 0 aliphatic carbocycles. The Kier molecular flexibility index (Phi) is 6.37. The third-order valence-electron chi connectivity index (χ3n) is 4.70. The Bertz CT molecular complexity index is 436. The predicted molar refractivity (Wildman–Crippen MR) is 95.3 cm³/mol. The molecule has 2 aliphatic rings. The minimum absolute atomic E-state index is 0.0150. The fraction of sp³-hybridized carbons (Fsp3) is 0.882. The molecular formula is C17H31N3O2S. The van der Waals surface area contributed by atoms with Gasteiger partial charge >= 0.3 is 0 Å². The summed E-state index contributed by atoms with van der Waals surface area (Å²) in [6.07, 6.45) is 2.39. The zero-order valence-corrected chi connectivity index (χ0v) is 15.7. The highest BCUT2D eigenvalue weighted by molar-refractivity contribution is 7.99. The summed E-state index contributed by atoms with van der Waals surface area (Å²) in [5.74, 6) is 1.95. The minimum atomic E-state index is -0.436. The highest BCUT2D eigenvalue weighted by Crippen LogP contribution is 2.27. The van der Waals surface area contributed by atoms with Crippen LogP contribution in [0.25, 0.3) is 0 Å². The molecule has 2 atom stereocenters. The molecule has 0 spiro atoms. The molecule has 2 aliphatic heterocycles. The molecule has 5 nitrogen and oxygen atoms in total. The zero-order chi connectivity index (χ0) is 17.0. The van der Waals surface area contributed by atoms with Crippen molar-refractivity contribution in [2.75, 3.05) is 37.8 Å². The van der Waals surface area contributed by atoms with Crippen molar-refractivity contribution in [1.82, 2.24) is 15.1 Å². The summed E-state index contributed by atoms with van der Waals surface area (Å²) in [6, 6.07) is -0.308. The van der Waals surface area contributed by atoms with Gasteiger partial charge in [0.15, 0.2) is 0 Å². The van der Waals surface area contributed by atoms with Gasteiger partial charge in [-0.3, -0.25) is 9.59 Å². The Morgan fingerprint density at radius 3 is 2.70 bits per heavy atom. The Labute approximate surface area is 144 Å².